The van der Waals surface area contributed by atoms with Gasteiger partial charge in [-0.05, 0) is 51.5 Å². The van der Waals surface area contributed by atoms with Gasteiger partial charge in [0, 0.05) is 23.8 Å². The molecule has 9 heteroatoms. The largest absolute Gasteiger partial charge is 0.347 e. The van der Waals surface area contributed by atoms with Gasteiger partial charge < -0.3 is 10.6 Å². The summed E-state index contributed by atoms with van der Waals surface area (Å²) in [6.07, 6.45) is 4.26. The number of hydrogen-bond acceptors (Lipinski definition) is 5. The monoisotopic (exact) mass is 395 g/mol. The molecule has 0 spiro atoms. The molecule has 2 aromatic heterocycles. The number of amides is 2. The van der Waals surface area contributed by atoms with Gasteiger partial charge >= 0.3 is 0 Å². The summed E-state index contributed by atoms with van der Waals surface area (Å²) >= 11 is 0. The molecule has 0 radical (unpaired) electrons. The van der Waals surface area contributed by atoms with Crippen molar-refractivity contribution in [2.24, 2.45) is 7.05 Å². The van der Waals surface area contributed by atoms with Gasteiger partial charge in [0.2, 0.25) is 0 Å². The molecule has 0 saturated heterocycles. The van der Waals surface area contributed by atoms with Gasteiger partial charge in [-0.15, -0.1) is 5.10 Å². The van der Waals surface area contributed by atoms with E-state index in [2.05, 4.69) is 26.0 Å². The lowest BCUT2D eigenvalue weighted by Gasteiger charge is -2.24. The molecule has 0 aliphatic heterocycles. The van der Waals surface area contributed by atoms with Crippen LogP contribution in [0.1, 0.15) is 53.7 Å². The number of nitrogens with one attached hydrogen (secondary N) is 2. The Balaban J connectivity index is 1.70. The molecule has 0 unspecified atom stereocenters. The Kier molecular flexibility index (Phi) is 5.49. The van der Waals surface area contributed by atoms with Crippen molar-refractivity contribution in [1.29, 1.82) is 0 Å². The van der Waals surface area contributed by atoms with Crippen LogP contribution in [-0.2, 0) is 7.05 Å². The van der Waals surface area contributed by atoms with Crippen molar-refractivity contribution in [3.63, 3.8) is 0 Å². The summed E-state index contributed by atoms with van der Waals surface area (Å²) in [7, 11) is 1.80. The summed E-state index contributed by atoms with van der Waals surface area (Å²) in [6.45, 7) is 7.73. The number of aryl methyl sites for hydroxylation is 1. The van der Waals surface area contributed by atoms with E-state index in [1.807, 2.05) is 20.8 Å². The molecule has 0 fully saturated rings. The zero-order valence-corrected chi connectivity index (χ0v) is 17.2. The zero-order valence-electron chi connectivity index (χ0n) is 17.2. The highest BCUT2D eigenvalue weighted by atomic mass is 16.2. The van der Waals surface area contributed by atoms with Crippen molar-refractivity contribution >= 4 is 17.5 Å². The van der Waals surface area contributed by atoms with Crippen LogP contribution in [0.5, 0.6) is 0 Å². The van der Waals surface area contributed by atoms with Crippen molar-refractivity contribution in [1.82, 2.24) is 30.1 Å². The van der Waals surface area contributed by atoms with Crippen LogP contribution in [0.25, 0.3) is 5.69 Å². The molecule has 9 nitrogen and oxygen atoms in total. The molecule has 2 heterocycles. The average Bonchev–Trinajstić information content (AvgIpc) is 3.27. The van der Waals surface area contributed by atoms with Crippen molar-refractivity contribution in [3.8, 4) is 5.69 Å². The lowest BCUT2D eigenvalue weighted by Crippen LogP contribution is -2.42. The summed E-state index contributed by atoms with van der Waals surface area (Å²) in [5, 5.41) is 17.9. The van der Waals surface area contributed by atoms with Crippen molar-refractivity contribution in [2.45, 2.75) is 39.7 Å². The maximum atomic E-state index is 12.6. The molecule has 0 bridgehead atoms. The van der Waals surface area contributed by atoms with Gasteiger partial charge in [-0.25, -0.2) is 4.68 Å². The van der Waals surface area contributed by atoms with E-state index >= 15 is 0 Å². The first-order valence-electron chi connectivity index (χ1n) is 9.35. The summed E-state index contributed by atoms with van der Waals surface area (Å²) in [6, 6.07) is 6.73. The van der Waals surface area contributed by atoms with Crippen molar-refractivity contribution in [3.05, 3.63) is 53.6 Å². The van der Waals surface area contributed by atoms with Crippen LogP contribution in [0.2, 0.25) is 0 Å². The Morgan fingerprint density at radius 2 is 1.83 bits per heavy atom. The first kappa shape index (κ1) is 20.2. The predicted molar refractivity (Wildman–Crippen MR) is 109 cm³/mol. The van der Waals surface area contributed by atoms with E-state index in [1.165, 1.54) is 0 Å². The molecule has 0 aliphatic rings. The fraction of sp³-hybridized carbons (Fsp3) is 0.350. The maximum Gasteiger partial charge on any atom is 0.278 e. The number of rotatable bonds is 6. The van der Waals surface area contributed by atoms with Crippen LogP contribution in [0.4, 0.5) is 5.69 Å². The maximum absolute atomic E-state index is 12.6. The van der Waals surface area contributed by atoms with Crippen LogP contribution < -0.4 is 10.6 Å². The third kappa shape index (κ3) is 4.50. The summed E-state index contributed by atoms with van der Waals surface area (Å²) in [5.41, 5.74) is 2.37. The Hall–Kier alpha value is -3.49. The van der Waals surface area contributed by atoms with E-state index in [4.69, 9.17) is 0 Å². The molecule has 29 heavy (non-hydrogen) atoms. The second-order valence-electron chi connectivity index (χ2n) is 7.53. The number of anilines is 1. The van der Waals surface area contributed by atoms with Crippen LogP contribution in [-0.4, -0.2) is 42.1 Å². The van der Waals surface area contributed by atoms with Gasteiger partial charge in [0.25, 0.3) is 11.8 Å². The summed E-state index contributed by atoms with van der Waals surface area (Å²) in [5.74, 6) is -0.521. The molecule has 152 valence electrons. The molecule has 2 N–H and O–H groups in total. The minimum Gasteiger partial charge on any atom is -0.347 e. The lowest BCUT2D eigenvalue weighted by atomic mass is 10.0. The Labute approximate surface area is 169 Å². The highest BCUT2D eigenvalue weighted by molar-refractivity contribution is 6.04. The van der Waals surface area contributed by atoms with E-state index in [0.717, 1.165) is 12.1 Å². The van der Waals surface area contributed by atoms with Crippen LogP contribution in [0.15, 0.2) is 36.7 Å². The SMILES string of the molecule is CCC(C)(C)NC(=O)c1ccc(NC(=O)c2nnn(-c3cnn(C)c3)c2C)cc1. The first-order chi connectivity index (χ1) is 13.7. The van der Waals surface area contributed by atoms with Gasteiger partial charge in [0.15, 0.2) is 5.69 Å². The normalized spacial score (nSPS) is 11.3. The second-order valence-corrected chi connectivity index (χ2v) is 7.53. The molecule has 1 aromatic carbocycles. The van der Waals surface area contributed by atoms with Crippen LogP contribution in [0.3, 0.4) is 0 Å². The predicted octanol–water partition coefficient (Wildman–Crippen LogP) is 2.48. The molecule has 3 rings (SSSR count). The third-order valence-electron chi connectivity index (χ3n) is 4.79. The van der Waals surface area contributed by atoms with Gasteiger partial charge in [0.1, 0.15) is 5.69 Å². The highest BCUT2D eigenvalue weighted by Crippen LogP contribution is 2.16. The van der Waals surface area contributed by atoms with Gasteiger partial charge in [-0.1, -0.05) is 12.1 Å². The fourth-order valence-electron chi connectivity index (χ4n) is 2.67. The minimum atomic E-state index is -0.373. The van der Waals surface area contributed by atoms with Gasteiger partial charge in [-0.3, -0.25) is 14.3 Å². The first-order valence-corrected chi connectivity index (χ1v) is 9.35. The molecule has 3 aromatic rings. The Morgan fingerprint density at radius 1 is 1.14 bits per heavy atom. The van der Waals surface area contributed by atoms with E-state index in [1.54, 1.807) is 60.0 Å². The molecule has 0 aliphatic carbocycles. The van der Waals surface area contributed by atoms with Crippen molar-refractivity contribution in [2.75, 3.05) is 5.32 Å². The fourth-order valence-corrected chi connectivity index (χ4v) is 2.67. The van der Waals surface area contributed by atoms with Crippen molar-refractivity contribution < 1.29 is 9.59 Å². The molecular weight excluding hydrogens is 370 g/mol. The third-order valence-corrected chi connectivity index (χ3v) is 4.79. The van der Waals surface area contributed by atoms with E-state index in [9.17, 15) is 9.59 Å². The van der Waals surface area contributed by atoms with E-state index in [-0.39, 0.29) is 23.0 Å². The molecule has 0 atom stereocenters. The second kappa shape index (κ2) is 7.86. The number of nitrogens with zero attached hydrogens (tertiary/aromatic N) is 5. The van der Waals surface area contributed by atoms with Gasteiger partial charge in [-0.2, -0.15) is 5.10 Å². The van der Waals surface area contributed by atoms with E-state index < -0.39 is 0 Å². The topological polar surface area (TPSA) is 107 Å². The number of aromatic nitrogens is 5. The number of benzene rings is 1. The summed E-state index contributed by atoms with van der Waals surface area (Å²) < 4.78 is 3.21. The zero-order chi connectivity index (χ0) is 21.2. The van der Waals surface area contributed by atoms with Crippen LogP contribution >= 0.6 is 0 Å². The Morgan fingerprint density at radius 3 is 2.41 bits per heavy atom. The van der Waals surface area contributed by atoms with Gasteiger partial charge in [0.05, 0.1) is 18.1 Å². The average molecular weight is 395 g/mol. The molecule has 0 saturated carbocycles. The molecule has 2 amide bonds. The quantitative estimate of drug-likeness (QED) is 0.667. The lowest BCUT2D eigenvalue weighted by molar-refractivity contribution is 0.0910. The number of carbonyl (C=O) groups excluding carboxylic acids is 2. The number of hydrogen-bond donors (Lipinski definition) is 2. The standard InChI is InChI=1S/C20H25N7O2/c1-6-20(3,4)23-18(28)14-7-9-15(10-8-14)22-19(29)17-13(2)27(25-24-17)16-11-21-26(5)12-16/h7-12H,6H2,1-5H3,(H,22,29)(H,23,28). The highest BCUT2D eigenvalue weighted by Gasteiger charge is 2.20. The Bertz CT molecular complexity index is 1030. The van der Waals surface area contributed by atoms with E-state index in [0.29, 0.717) is 16.9 Å². The van der Waals surface area contributed by atoms with Crippen LogP contribution in [0, 0.1) is 6.92 Å². The smallest absolute Gasteiger partial charge is 0.278 e. The summed E-state index contributed by atoms with van der Waals surface area (Å²) in [4.78, 5) is 24.9. The minimum absolute atomic E-state index is 0.148. The molecular formula is C20H25N7O2. The number of carbonyl (C=O) groups is 2.